The van der Waals surface area contributed by atoms with E-state index in [0.717, 1.165) is 4.57 Å². The van der Waals surface area contributed by atoms with E-state index in [1.165, 1.54) is 33.0 Å². The number of rotatable bonds is 12. The molecule has 1 aromatic rings. The van der Waals surface area contributed by atoms with Crippen LogP contribution < -0.4 is 21.6 Å². The van der Waals surface area contributed by atoms with E-state index in [1.807, 2.05) is 0 Å². The highest BCUT2D eigenvalue weighted by atomic mass is 31.2. The molecule has 6 N–H and O–H groups in total. The maximum atomic E-state index is 13.7. The summed E-state index contributed by atoms with van der Waals surface area (Å²) in [5, 5.41) is 26.7. The minimum atomic E-state index is -4.23. The van der Waals surface area contributed by atoms with Crippen molar-refractivity contribution in [3.8, 4) is 0 Å². The van der Waals surface area contributed by atoms with Crippen LogP contribution in [0.2, 0.25) is 0 Å². The molecule has 1 aliphatic heterocycles. The Morgan fingerprint density at radius 2 is 1.66 bits per heavy atom. The number of nitrogen functional groups attached to an aromatic ring is 1. The van der Waals surface area contributed by atoms with Crippen molar-refractivity contribution in [2.45, 2.75) is 96.8 Å². The zero-order valence-corrected chi connectivity index (χ0v) is 23.4. The van der Waals surface area contributed by atoms with E-state index < -0.39 is 80.2 Å². The van der Waals surface area contributed by atoms with Crippen molar-refractivity contribution in [2.75, 3.05) is 12.3 Å². The number of hydrogen-bond donors (Lipinski definition) is 5. The lowest BCUT2D eigenvalue weighted by molar-refractivity contribution is -0.149. The largest absolute Gasteiger partial charge is 0.462 e. The molecule has 1 saturated heterocycles. The third kappa shape index (κ3) is 8.06. The van der Waals surface area contributed by atoms with Crippen molar-refractivity contribution in [3.63, 3.8) is 0 Å². The highest BCUT2D eigenvalue weighted by molar-refractivity contribution is 7.54. The fourth-order valence-electron chi connectivity index (χ4n) is 3.56. The second-order valence-corrected chi connectivity index (χ2v) is 11.6. The summed E-state index contributed by atoms with van der Waals surface area (Å²) in [7, 11) is -4.23. The molecule has 0 bridgehead atoms. The van der Waals surface area contributed by atoms with Crippen LogP contribution in [0.4, 0.5) is 5.82 Å². The molecular formula is C22H38N5O10P. The Bertz CT molecular complexity index is 1060. The number of hydrogen-bond acceptors (Lipinski definition) is 12. The normalized spacial score (nSPS) is 26.7. The lowest BCUT2D eigenvalue weighted by atomic mass is 9.96. The molecule has 15 nitrogen and oxygen atoms in total. The summed E-state index contributed by atoms with van der Waals surface area (Å²) in [5.74, 6) is -1.49. The Kier molecular flexibility index (Phi) is 10.6. The first-order valence-electron chi connectivity index (χ1n) is 12.1. The molecule has 1 fully saturated rings. The number of nitrogens with zero attached hydrogens (tertiary/aromatic N) is 2. The van der Waals surface area contributed by atoms with Crippen LogP contribution >= 0.6 is 7.67 Å². The van der Waals surface area contributed by atoms with Gasteiger partial charge in [-0.25, -0.2) is 15.0 Å². The van der Waals surface area contributed by atoms with Crippen molar-refractivity contribution in [3.05, 3.63) is 22.7 Å². The average molecular weight is 564 g/mol. The van der Waals surface area contributed by atoms with Gasteiger partial charge in [0.1, 0.15) is 35.7 Å². The average Bonchev–Trinajstić information content (AvgIpc) is 3.00. The topological polar surface area (TPSA) is 214 Å². The lowest BCUT2D eigenvalue weighted by Crippen LogP contribution is -2.47. The number of esters is 2. The standard InChI is InChI=1S/C22H38N5O10P/c1-11(2)35-18(29)13(5)25-38(33,26-14(6)19(30)36-12(3)4)34-10-15-17(28)22(7,32)20(37-15)27-9-8-16(23)24-21(27)31/h8-9,11-15,17,20,28,32H,10H2,1-7H3,(H2,23,24,31)(H2,25,26,33). The molecule has 16 heteroatoms. The maximum Gasteiger partial charge on any atom is 0.351 e. The van der Waals surface area contributed by atoms with Gasteiger partial charge >= 0.3 is 25.3 Å². The quantitative estimate of drug-likeness (QED) is 0.165. The van der Waals surface area contributed by atoms with Gasteiger partial charge in [-0.1, -0.05) is 0 Å². The lowest BCUT2D eigenvalue weighted by Gasteiger charge is -2.28. The zero-order valence-electron chi connectivity index (χ0n) is 22.5. The predicted octanol–water partition coefficient (Wildman–Crippen LogP) is -0.181. The first-order valence-corrected chi connectivity index (χ1v) is 13.7. The zero-order chi connectivity index (χ0) is 29.0. The van der Waals surface area contributed by atoms with Crippen LogP contribution in [0.5, 0.6) is 0 Å². The fraction of sp³-hybridized carbons (Fsp3) is 0.727. The number of nitrogens with one attached hydrogen (secondary N) is 2. The molecule has 6 atom stereocenters. The number of aliphatic hydroxyl groups is 2. The summed E-state index contributed by atoms with van der Waals surface area (Å²) in [6.07, 6.45) is -3.89. The Labute approximate surface area is 220 Å². The Balaban J connectivity index is 2.25. The van der Waals surface area contributed by atoms with Gasteiger partial charge in [0, 0.05) is 6.20 Å². The third-order valence-electron chi connectivity index (χ3n) is 5.42. The van der Waals surface area contributed by atoms with Gasteiger partial charge in [0.2, 0.25) is 0 Å². The molecule has 0 amide bonds. The SMILES string of the molecule is CC(C)OC(=O)C(C)NP(=O)(NC(C)C(=O)OC(C)C)OCC1OC(n2ccc(N)nc2=O)C(C)(O)C1O. The second kappa shape index (κ2) is 12.6. The Hall–Kier alpha value is -2.39. The Morgan fingerprint density at radius 1 is 1.16 bits per heavy atom. The number of aromatic nitrogens is 2. The number of aliphatic hydroxyl groups excluding tert-OH is 1. The molecule has 0 aliphatic carbocycles. The number of nitrogens with two attached hydrogens (primary N) is 1. The van der Waals surface area contributed by atoms with Crippen molar-refractivity contribution < 1.29 is 43.1 Å². The maximum absolute atomic E-state index is 13.7. The highest BCUT2D eigenvalue weighted by Crippen LogP contribution is 2.43. The molecular weight excluding hydrogens is 525 g/mol. The number of ether oxygens (including phenoxy) is 3. The van der Waals surface area contributed by atoms with Gasteiger partial charge in [-0.2, -0.15) is 4.98 Å². The summed E-state index contributed by atoms with van der Waals surface area (Å²) >= 11 is 0. The molecule has 2 rings (SSSR count). The fourth-order valence-corrected chi connectivity index (χ4v) is 5.37. The Morgan fingerprint density at radius 3 is 2.11 bits per heavy atom. The van der Waals surface area contributed by atoms with Gasteiger partial charge in [0.15, 0.2) is 6.23 Å². The molecule has 2 heterocycles. The van der Waals surface area contributed by atoms with Crippen molar-refractivity contribution in [1.82, 2.24) is 19.7 Å². The smallest absolute Gasteiger partial charge is 0.351 e. The van der Waals surface area contributed by atoms with E-state index >= 15 is 0 Å². The summed E-state index contributed by atoms with van der Waals surface area (Å²) in [6.45, 7) is 10.0. The minimum absolute atomic E-state index is 0.0439. The molecule has 0 aromatic carbocycles. The molecule has 38 heavy (non-hydrogen) atoms. The van der Waals surface area contributed by atoms with Crippen LogP contribution in [0.15, 0.2) is 17.1 Å². The minimum Gasteiger partial charge on any atom is -0.462 e. The monoisotopic (exact) mass is 563 g/mol. The van der Waals surface area contributed by atoms with Gasteiger partial charge in [-0.05, 0) is 54.5 Å². The van der Waals surface area contributed by atoms with Gasteiger partial charge in [-0.15, -0.1) is 0 Å². The summed E-state index contributed by atoms with van der Waals surface area (Å²) in [6, 6.07) is -0.948. The summed E-state index contributed by atoms with van der Waals surface area (Å²) in [4.78, 5) is 40.5. The van der Waals surface area contributed by atoms with Gasteiger partial charge in [0.05, 0.1) is 18.8 Å². The molecule has 0 spiro atoms. The molecule has 0 radical (unpaired) electrons. The van der Waals surface area contributed by atoms with Crippen molar-refractivity contribution in [2.24, 2.45) is 0 Å². The van der Waals surface area contributed by atoms with Crippen LogP contribution in [0, 0.1) is 0 Å². The van der Waals surface area contributed by atoms with E-state index in [4.69, 9.17) is 24.5 Å². The highest BCUT2D eigenvalue weighted by Gasteiger charge is 2.54. The summed E-state index contributed by atoms with van der Waals surface area (Å²) < 4.78 is 36.2. The first kappa shape index (κ1) is 31.8. The van der Waals surface area contributed by atoms with Crippen LogP contribution in [0.3, 0.4) is 0 Å². The van der Waals surface area contributed by atoms with E-state index in [9.17, 15) is 29.2 Å². The van der Waals surface area contributed by atoms with Crippen LogP contribution in [0.25, 0.3) is 0 Å². The molecule has 1 aliphatic rings. The van der Waals surface area contributed by atoms with E-state index in [-0.39, 0.29) is 5.82 Å². The molecule has 1 aromatic heterocycles. The molecule has 216 valence electrons. The summed E-state index contributed by atoms with van der Waals surface area (Å²) in [5.41, 5.74) is 2.70. The predicted molar refractivity (Wildman–Crippen MR) is 135 cm³/mol. The van der Waals surface area contributed by atoms with Gasteiger partial charge < -0.3 is 34.7 Å². The first-order chi connectivity index (χ1) is 17.5. The third-order valence-corrected chi connectivity index (χ3v) is 7.38. The molecule has 6 unspecified atom stereocenters. The van der Waals surface area contributed by atoms with Gasteiger partial charge in [0.25, 0.3) is 0 Å². The van der Waals surface area contributed by atoms with E-state index in [1.54, 1.807) is 27.7 Å². The van der Waals surface area contributed by atoms with Crippen LogP contribution in [-0.4, -0.2) is 80.4 Å². The second-order valence-electron chi connectivity index (χ2n) is 9.76. The van der Waals surface area contributed by atoms with Crippen LogP contribution in [-0.2, 0) is 32.9 Å². The van der Waals surface area contributed by atoms with Crippen LogP contribution in [0.1, 0.15) is 54.7 Å². The van der Waals surface area contributed by atoms with Crippen molar-refractivity contribution >= 4 is 25.4 Å². The van der Waals surface area contributed by atoms with E-state index in [2.05, 4.69) is 15.2 Å². The van der Waals surface area contributed by atoms with E-state index in [0.29, 0.717) is 0 Å². The van der Waals surface area contributed by atoms with Gasteiger partial charge in [-0.3, -0.25) is 18.7 Å². The molecule has 0 saturated carbocycles. The van der Waals surface area contributed by atoms with Crippen molar-refractivity contribution in [1.29, 1.82) is 0 Å². The number of anilines is 1. The number of carbonyl (C=O) groups is 2. The number of carbonyl (C=O) groups excluding carboxylic acids is 2.